The predicted molar refractivity (Wildman–Crippen MR) is 100 cm³/mol. The van der Waals surface area contributed by atoms with E-state index in [-0.39, 0.29) is 29.7 Å². The molecule has 0 bridgehead atoms. The number of urea groups is 1. The highest BCUT2D eigenvalue weighted by molar-refractivity contribution is 5.94. The second-order valence-corrected chi connectivity index (χ2v) is 7.95. The second kappa shape index (κ2) is 7.66. The van der Waals surface area contributed by atoms with Crippen molar-refractivity contribution in [2.24, 2.45) is 0 Å². The molecule has 0 aromatic heterocycles. The molecule has 0 spiro atoms. The van der Waals surface area contributed by atoms with Crippen LogP contribution >= 0.6 is 0 Å². The van der Waals surface area contributed by atoms with Crippen molar-refractivity contribution in [3.8, 4) is 0 Å². The molecular weight excluding hydrogens is 330 g/mol. The molecule has 1 N–H and O–H groups in total. The molecule has 2 fully saturated rings. The largest absolute Gasteiger partial charge is 0.369 e. The number of likely N-dealkylation sites (tertiary alicyclic amines) is 1. The zero-order chi connectivity index (χ0) is 18.7. The molecule has 2 aliphatic heterocycles. The van der Waals surface area contributed by atoms with Crippen LogP contribution in [0.2, 0.25) is 0 Å². The lowest BCUT2D eigenvalue weighted by Gasteiger charge is -2.42. The summed E-state index contributed by atoms with van der Waals surface area (Å²) in [6, 6.07) is 9.45. The molecule has 142 valence electrons. The number of rotatable bonds is 2. The van der Waals surface area contributed by atoms with E-state index in [0.29, 0.717) is 26.2 Å². The Morgan fingerprint density at radius 2 is 1.77 bits per heavy atom. The first-order valence-electron chi connectivity index (χ1n) is 9.42. The van der Waals surface area contributed by atoms with Crippen LogP contribution in [-0.2, 0) is 4.74 Å². The molecule has 1 unspecified atom stereocenters. The maximum Gasteiger partial charge on any atom is 0.317 e. The highest BCUT2D eigenvalue weighted by Gasteiger charge is 2.34. The fraction of sp³-hybridized carbons (Fsp3) is 0.600. The summed E-state index contributed by atoms with van der Waals surface area (Å²) < 4.78 is 5.86. The van der Waals surface area contributed by atoms with Gasteiger partial charge in [0.15, 0.2) is 0 Å². The van der Waals surface area contributed by atoms with Gasteiger partial charge in [-0.1, -0.05) is 18.2 Å². The minimum absolute atomic E-state index is 0.0268. The molecule has 3 rings (SSSR count). The van der Waals surface area contributed by atoms with E-state index < -0.39 is 0 Å². The molecule has 6 nitrogen and oxygen atoms in total. The van der Waals surface area contributed by atoms with Crippen LogP contribution in [-0.4, -0.2) is 65.7 Å². The third-order valence-corrected chi connectivity index (χ3v) is 4.99. The van der Waals surface area contributed by atoms with Gasteiger partial charge in [-0.3, -0.25) is 4.79 Å². The number of piperidine rings is 1. The Labute approximate surface area is 155 Å². The Hall–Kier alpha value is -2.08. The molecule has 2 saturated heterocycles. The van der Waals surface area contributed by atoms with Crippen molar-refractivity contribution in [2.45, 2.75) is 51.4 Å². The molecule has 1 atom stereocenters. The minimum Gasteiger partial charge on any atom is -0.369 e. The van der Waals surface area contributed by atoms with Gasteiger partial charge in [-0.25, -0.2) is 4.79 Å². The van der Waals surface area contributed by atoms with E-state index in [1.165, 1.54) is 0 Å². The fourth-order valence-corrected chi connectivity index (χ4v) is 3.86. The van der Waals surface area contributed by atoms with Crippen molar-refractivity contribution >= 4 is 11.9 Å². The summed E-state index contributed by atoms with van der Waals surface area (Å²) in [5.41, 5.74) is 0.403. The van der Waals surface area contributed by atoms with Crippen LogP contribution in [0.15, 0.2) is 30.3 Å². The summed E-state index contributed by atoms with van der Waals surface area (Å²) in [5, 5.41) is 3.14. The number of carbonyl (C=O) groups excluding carboxylic acids is 2. The third-order valence-electron chi connectivity index (χ3n) is 4.99. The predicted octanol–water partition coefficient (Wildman–Crippen LogP) is 2.50. The van der Waals surface area contributed by atoms with E-state index in [2.05, 4.69) is 5.32 Å². The van der Waals surface area contributed by atoms with Gasteiger partial charge in [-0.2, -0.15) is 0 Å². The smallest absolute Gasteiger partial charge is 0.317 e. The first-order valence-corrected chi connectivity index (χ1v) is 9.42. The van der Waals surface area contributed by atoms with Crippen LogP contribution in [0.5, 0.6) is 0 Å². The lowest BCUT2D eigenvalue weighted by molar-refractivity contribution is -0.117. The zero-order valence-corrected chi connectivity index (χ0v) is 15.9. The van der Waals surface area contributed by atoms with Crippen LogP contribution in [0.3, 0.4) is 0 Å². The topological polar surface area (TPSA) is 61.9 Å². The second-order valence-electron chi connectivity index (χ2n) is 7.95. The summed E-state index contributed by atoms with van der Waals surface area (Å²) >= 11 is 0. The van der Waals surface area contributed by atoms with E-state index in [1.54, 1.807) is 0 Å². The normalized spacial score (nSPS) is 23.6. The summed E-state index contributed by atoms with van der Waals surface area (Å²) in [5.74, 6) is 0.0686. The summed E-state index contributed by atoms with van der Waals surface area (Å²) in [4.78, 5) is 28.8. The van der Waals surface area contributed by atoms with Gasteiger partial charge in [0.25, 0.3) is 5.91 Å². The van der Waals surface area contributed by atoms with Gasteiger partial charge in [0.2, 0.25) is 0 Å². The molecule has 0 saturated carbocycles. The van der Waals surface area contributed by atoms with Crippen molar-refractivity contribution in [3.63, 3.8) is 0 Å². The highest BCUT2D eigenvalue weighted by Crippen LogP contribution is 2.21. The summed E-state index contributed by atoms with van der Waals surface area (Å²) in [6.07, 6.45) is 1.61. The van der Waals surface area contributed by atoms with E-state index in [4.69, 9.17) is 4.74 Å². The minimum atomic E-state index is -0.319. The Morgan fingerprint density at radius 3 is 2.38 bits per heavy atom. The first-order chi connectivity index (χ1) is 12.3. The number of hydrogen-bond donors (Lipinski definition) is 1. The molecule has 1 aromatic carbocycles. The number of nitrogens with one attached hydrogen (secondary N) is 1. The molecule has 3 amide bonds. The standard InChI is InChI=1S/C20H29N3O3/c1-15-13-23(14-20(2,3)26-15)19(25)21-17-9-11-22(12-10-17)18(24)16-7-5-4-6-8-16/h4-8,15,17H,9-14H2,1-3H3,(H,21,25). The number of nitrogens with zero attached hydrogens (tertiary/aromatic N) is 2. The van der Waals surface area contributed by atoms with Crippen LogP contribution in [0, 0.1) is 0 Å². The van der Waals surface area contributed by atoms with Crippen molar-refractivity contribution in [2.75, 3.05) is 26.2 Å². The molecule has 6 heteroatoms. The monoisotopic (exact) mass is 359 g/mol. The average Bonchev–Trinajstić information content (AvgIpc) is 2.61. The first kappa shape index (κ1) is 18.7. The zero-order valence-electron chi connectivity index (χ0n) is 15.9. The Balaban J connectivity index is 1.49. The van der Waals surface area contributed by atoms with Crippen LogP contribution < -0.4 is 5.32 Å². The van der Waals surface area contributed by atoms with Gasteiger partial charge in [-0.05, 0) is 45.7 Å². The SMILES string of the molecule is CC1CN(C(=O)NC2CCN(C(=O)c3ccccc3)CC2)CC(C)(C)O1. The molecule has 0 aliphatic carbocycles. The van der Waals surface area contributed by atoms with Crippen LogP contribution in [0.4, 0.5) is 4.79 Å². The molecule has 0 radical (unpaired) electrons. The van der Waals surface area contributed by atoms with Gasteiger partial charge in [0, 0.05) is 31.2 Å². The van der Waals surface area contributed by atoms with Gasteiger partial charge in [0.1, 0.15) is 0 Å². The molecule has 2 aliphatic rings. The van der Waals surface area contributed by atoms with Gasteiger partial charge >= 0.3 is 6.03 Å². The van der Waals surface area contributed by atoms with Crippen molar-refractivity contribution in [3.05, 3.63) is 35.9 Å². The number of amides is 3. The lowest BCUT2D eigenvalue weighted by Crippen LogP contribution is -2.58. The number of hydrogen-bond acceptors (Lipinski definition) is 3. The summed E-state index contributed by atoms with van der Waals surface area (Å²) in [7, 11) is 0. The lowest BCUT2D eigenvalue weighted by atomic mass is 10.0. The third kappa shape index (κ3) is 4.55. The van der Waals surface area contributed by atoms with E-state index >= 15 is 0 Å². The molecule has 2 heterocycles. The Bertz CT molecular complexity index is 639. The van der Waals surface area contributed by atoms with Crippen LogP contribution in [0.1, 0.15) is 44.0 Å². The Morgan fingerprint density at radius 1 is 1.12 bits per heavy atom. The number of ether oxygens (including phenoxy) is 1. The number of carbonyl (C=O) groups is 2. The van der Waals surface area contributed by atoms with Crippen molar-refractivity contribution < 1.29 is 14.3 Å². The van der Waals surface area contributed by atoms with Crippen molar-refractivity contribution in [1.29, 1.82) is 0 Å². The molecule has 26 heavy (non-hydrogen) atoms. The Kier molecular flexibility index (Phi) is 5.51. The average molecular weight is 359 g/mol. The highest BCUT2D eigenvalue weighted by atomic mass is 16.5. The molecular formula is C20H29N3O3. The number of morpholine rings is 1. The van der Waals surface area contributed by atoms with Crippen LogP contribution in [0.25, 0.3) is 0 Å². The van der Waals surface area contributed by atoms with Gasteiger partial charge in [0.05, 0.1) is 18.2 Å². The van der Waals surface area contributed by atoms with E-state index in [9.17, 15) is 9.59 Å². The fourth-order valence-electron chi connectivity index (χ4n) is 3.86. The molecule has 1 aromatic rings. The quantitative estimate of drug-likeness (QED) is 0.882. The van der Waals surface area contributed by atoms with Gasteiger partial charge in [-0.15, -0.1) is 0 Å². The van der Waals surface area contributed by atoms with E-state index in [1.807, 2.05) is 60.9 Å². The van der Waals surface area contributed by atoms with E-state index in [0.717, 1.165) is 18.4 Å². The summed E-state index contributed by atoms with van der Waals surface area (Å²) in [6.45, 7) is 8.56. The van der Waals surface area contributed by atoms with Gasteiger partial charge < -0.3 is 19.9 Å². The van der Waals surface area contributed by atoms with Crippen molar-refractivity contribution in [1.82, 2.24) is 15.1 Å². The maximum atomic E-state index is 12.6. The maximum absolute atomic E-state index is 12.6. The number of benzene rings is 1.